The quantitative estimate of drug-likeness (QED) is 0.390. The van der Waals surface area contributed by atoms with Crippen LogP contribution in [-0.4, -0.2) is 40.7 Å². The van der Waals surface area contributed by atoms with Gasteiger partial charge in [0, 0.05) is 36.6 Å². The van der Waals surface area contributed by atoms with Gasteiger partial charge in [-0.2, -0.15) is 0 Å². The summed E-state index contributed by atoms with van der Waals surface area (Å²) in [5.74, 6) is 1.05. The van der Waals surface area contributed by atoms with Crippen molar-refractivity contribution in [1.82, 2.24) is 19.9 Å². The van der Waals surface area contributed by atoms with Crippen molar-refractivity contribution in [2.24, 2.45) is 5.41 Å². The topological polar surface area (TPSA) is 78.3 Å². The van der Waals surface area contributed by atoms with Crippen LogP contribution in [0, 0.1) is 5.41 Å². The van der Waals surface area contributed by atoms with Crippen LogP contribution in [0.1, 0.15) is 48.0 Å². The van der Waals surface area contributed by atoms with Gasteiger partial charge in [0.1, 0.15) is 0 Å². The Morgan fingerprint density at radius 2 is 1.89 bits per heavy atom. The molecular weight excluding hydrogens is 452 g/mol. The number of fused-ring (bicyclic) bond motifs is 1. The van der Waals surface area contributed by atoms with Crippen molar-refractivity contribution < 1.29 is 14.3 Å². The molecule has 0 bridgehead atoms. The van der Waals surface area contributed by atoms with Crippen molar-refractivity contribution >= 4 is 16.8 Å². The molecule has 4 aromatic rings. The van der Waals surface area contributed by atoms with Crippen LogP contribution < -0.4 is 14.8 Å². The molecule has 6 rings (SSSR count). The number of hydrogen-bond acceptors (Lipinski definition) is 5. The molecule has 36 heavy (non-hydrogen) atoms. The van der Waals surface area contributed by atoms with E-state index < -0.39 is 0 Å². The molecule has 7 nitrogen and oxygen atoms in total. The number of pyridine rings is 2. The lowest BCUT2D eigenvalue weighted by Crippen LogP contribution is -2.53. The third kappa shape index (κ3) is 3.98. The first-order chi connectivity index (χ1) is 17.6. The van der Waals surface area contributed by atoms with Crippen LogP contribution >= 0.6 is 0 Å². The number of nitrogens with zero attached hydrogens (tertiary/aromatic N) is 3. The van der Waals surface area contributed by atoms with Gasteiger partial charge in [0.05, 0.1) is 36.4 Å². The van der Waals surface area contributed by atoms with Crippen LogP contribution in [-0.2, 0) is 6.54 Å². The van der Waals surface area contributed by atoms with E-state index in [-0.39, 0.29) is 11.9 Å². The molecule has 0 aliphatic heterocycles. The molecule has 1 spiro atoms. The van der Waals surface area contributed by atoms with E-state index in [1.807, 2.05) is 30.5 Å². The average molecular weight is 483 g/mol. The maximum atomic E-state index is 13.3. The molecule has 0 unspecified atom stereocenters. The third-order valence-electron chi connectivity index (χ3n) is 7.84. The van der Waals surface area contributed by atoms with Gasteiger partial charge in [-0.25, -0.2) is 9.97 Å². The van der Waals surface area contributed by atoms with Gasteiger partial charge in [0.2, 0.25) is 11.8 Å². The fraction of sp³-hybridized carbons (Fsp3) is 0.345. The molecule has 3 heterocycles. The molecule has 2 fully saturated rings. The van der Waals surface area contributed by atoms with Crippen LogP contribution in [0.15, 0.2) is 60.9 Å². The summed E-state index contributed by atoms with van der Waals surface area (Å²) in [6, 6.07) is 16.3. The Morgan fingerprint density at radius 3 is 2.58 bits per heavy atom. The highest BCUT2D eigenvalue weighted by atomic mass is 16.5. The highest BCUT2D eigenvalue weighted by Crippen LogP contribution is 2.55. The van der Waals surface area contributed by atoms with Crippen molar-refractivity contribution in [3.8, 4) is 23.0 Å². The molecule has 0 saturated heterocycles. The lowest BCUT2D eigenvalue weighted by Gasteiger charge is -2.54. The van der Waals surface area contributed by atoms with Gasteiger partial charge in [-0.05, 0) is 48.8 Å². The Hall–Kier alpha value is -3.87. The first-order valence-corrected chi connectivity index (χ1v) is 12.5. The number of carbonyl (C=O) groups is 1. The zero-order chi connectivity index (χ0) is 24.7. The fourth-order valence-electron chi connectivity index (χ4n) is 5.76. The number of ether oxygens (including phenoxy) is 2. The average Bonchev–Trinajstić information content (AvgIpc) is 3.28. The normalized spacial score (nSPS) is 16.4. The van der Waals surface area contributed by atoms with Crippen molar-refractivity contribution in [1.29, 1.82) is 0 Å². The second kappa shape index (κ2) is 8.97. The molecular formula is C29H30N4O3. The van der Waals surface area contributed by atoms with Gasteiger partial charge in [-0.1, -0.05) is 36.8 Å². The van der Waals surface area contributed by atoms with E-state index in [0.29, 0.717) is 29.3 Å². The summed E-state index contributed by atoms with van der Waals surface area (Å²) in [6.45, 7) is 0.620. The molecule has 2 saturated carbocycles. The number of methoxy groups -OCH3 is 2. The molecule has 7 heteroatoms. The van der Waals surface area contributed by atoms with Crippen molar-refractivity contribution in [2.45, 2.75) is 44.7 Å². The maximum Gasteiger partial charge on any atom is 0.255 e. The lowest BCUT2D eigenvalue weighted by atomic mass is 9.54. The first-order valence-electron chi connectivity index (χ1n) is 12.5. The largest absolute Gasteiger partial charge is 0.481 e. The molecule has 1 amide bonds. The van der Waals surface area contributed by atoms with Crippen molar-refractivity contribution in [2.75, 3.05) is 14.2 Å². The standard InChI is InChI=1S/C29H30N4O3/c1-35-25-6-3-5-24(32-25)20-9-7-19(8-10-20)18-33-14-11-22-26(33)23(17-30-28(22)36-2)27(34)31-21-15-29(16-21)12-4-13-29/h3,5-11,14,17,21H,4,12-13,15-16,18H2,1-2H3,(H,31,34). The highest BCUT2D eigenvalue weighted by Gasteiger charge is 2.48. The molecule has 3 aromatic heterocycles. The number of benzene rings is 1. The van der Waals surface area contributed by atoms with E-state index in [2.05, 4.69) is 44.1 Å². The predicted octanol–water partition coefficient (Wildman–Crippen LogP) is 5.23. The summed E-state index contributed by atoms with van der Waals surface area (Å²) < 4.78 is 12.8. The highest BCUT2D eigenvalue weighted by molar-refractivity contribution is 6.07. The predicted molar refractivity (Wildman–Crippen MR) is 138 cm³/mol. The number of rotatable bonds is 7. The lowest BCUT2D eigenvalue weighted by molar-refractivity contribution is -0.000607. The number of amides is 1. The van der Waals surface area contributed by atoms with E-state index in [0.717, 1.165) is 40.6 Å². The fourth-order valence-corrected chi connectivity index (χ4v) is 5.76. The molecule has 1 N–H and O–H groups in total. The molecule has 1 aromatic carbocycles. The van der Waals surface area contributed by atoms with Crippen LogP contribution in [0.4, 0.5) is 0 Å². The van der Waals surface area contributed by atoms with Gasteiger partial charge < -0.3 is 19.4 Å². The first kappa shape index (κ1) is 22.6. The molecule has 0 atom stereocenters. The Labute approximate surface area is 210 Å². The minimum Gasteiger partial charge on any atom is -0.481 e. The monoisotopic (exact) mass is 482 g/mol. The van der Waals surface area contributed by atoms with Gasteiger partial charge in [0.25, 0.3) is 5.91 Å². The summed E-state index contributed by atoms with van der Waals surface area (Å²) in [6.07, 6.45) is 9.78. The SMILES string of the molecule is COc1cccc(-c2ccc(Cn3ccc4c(OC)ncc(C(=O)NC5CC6(CCC6)C5)c43)cc2)n1. The van der Waals surface area contributed by atoms with E-state index in [1.54, 1.807) is 20.4 Å². The summed E-state index contributed by atoms with van der Waals surface area (Å²) in [5, 5.41) is 4.09. The van der Waals surface area contributed by atoms with Crippen LogP contribution in [0.2, 0.25) is 0 Å². The Bertz CT molecular complexity index is 1410. The minimum atomic E-state index is -0.0614. The van der Waals surface area contributed by atoms with E-state index >= 15 is 0 Å². The maximum absolute atomic E-state index is 13.3. The van der Waals surface area contributed by atoms with E-state index in [4.69, 9.17) is 9.47 Å². The van der Waals surface area contributed by atoms with Crippen LogP contribution in [0.25, 0.3) is 22.2 Å². The van der Waals surface area contributed by atoms with Gasteiger partial charge >= 0.3 is 0 Å². The molecule has 2 aliphatic rings. The summed E-state index contributed by atoms with van der Waals surface area (Å²) >= 11 is 0. The van der Waals surface area contributed by atoms with Gasteiger partial charge in [-0.15, -0.1) is 0 Å². The smallest absolute Gasteiger partial charge is 0.255 e. The summed E-state index contributed by atoms with van der Waals surface area (Å²) in [5.41, 5.74) is 4.94. The molecule has 0 radical (unpaired) electrons. The minimum absolute atomic E-state index is 0.0614. The van der Waals surface area contributed by atoms with E-state index in [1.165, 1.54) is 19.3 Å². The Kier molecular flexibility index (Phi) is 5.63. The second-order valence-electron chi connectivity index (χ2n) is 10.1. The van der Waals surface area contributed by atoms with E-state index in [9.17, 15) is 4.79 Å². The summed E-state index contributed by atoms with van der Waals surface area (Å²) in [4.78, 5) is 22.3. The summed E-state index contributed by atoms with van der Waals surface area (Å²) in [7, 11) is 3.23. The molecule has 184 valence electrons. The zero-order valence-corrected chi connectivity index (χ0v) is 20.7. The number of nitrogens with one attached hydrogen (secondary N) is 1. The zero-order valence-electron chi connectivity index (χ0n) is 20.7. The second-order valence-corrected chi connectivity index (χ2v) is 10.1. The van der Waals surface area contributed by atoms with Crippen LogP contribution in [0.3, 0.4) is 0 Å². The van der Waals surface area contributed by atoms with Crippen molar-refractivity contribution in [3.05, 3.63) is 72.1 Å². The number of aromatic nitrogens is 3. The van der Waals surface area contributed by atoms with Crippen molar-refractivity contribution in [3.63, 3.8) is 0 Å². The molecule has 2 aliphatic carbocycles. The van der Waals surface area contributed by atoms with Gasteiger partial charge in [0.15, 0.2) is 0 Å². The van der Waals surface area contributed by atoms with Crippen LogP contribution in [0.5, 0.6) is 11.8 Å². The Morgan fingerprint density at radius 1 is 1.08 bits per heavy atom. The third-order valence-corrected chi connectivity index (χ3v) is 7.84. The number of hydrogen-bond donors (Lipinski definition) is 1. The Balaban J connectivity index is 1.26. The van der Waals surface area contributed by atoms with Gasteiger partial charge in [-0.3, -0.25) is 4.79 Å². The number of carbonyl (C=O) groups excluding carboxylic acids is 1.